The molecular formula is C14H17N3O3S2. The second-order valence-electron chi connectivity index (χ2n) is 5.27. The highest BCUT2D eigenvalue weighted by atomic mass is 32.2. The summed E-state index contributed by atoms with van der Waals surface area (Å²) in [6, 6.07) is 1.30. The zero-order valence-electron chi connectivity index (χ0n) is 12.2. The number of rotatable bonds is 3. The van der Waals surface area contributed by atoms with Gasteiger partial charge in [0.15, 0.2) is 9.84 Å². The summed E-state index contributed by atoms with van der Waals surface area (Å²) in [6.45, 7) is 2.89. The van der Waals surface area contributed by atoms with Gasteiger partial charge in [-0.15, -0.1) is 0 Å². The van der Waals surface area contributed by atoms with E-state index in [9.17, 15) is 13.2 Å². The Balaban J connectivity index is 1.94. The third-order valence-corrected chi connectivity index (χ3v) is 6.13. The Morgan fingerprint density at radius 3 is 2.95 bits per heavy atom. The number of hydrogen-bond acceptors (Lipinski definition) is 5. The van der Waals surface area contributed by atoms with Crippen LogP contribution in [0.3, 0.4) is 0 Å². The first-order chi connectivity index (χ1) is 10.5. The number of nitrogens with zero attached hydrogens (tertiary/aromatic N) is 3. The van der Waals surface area contributed by atoms with Gasteiger partial charge in [-0.2, -0.15) is 16.4 Å². The van der Waals surface area contributed by atoms with Gasteiger partial charge in [0, 0.05) is 30.2 Å². The number of hydrogen-bond donors (Lipinski definition) is 0. The van der Waals surface area contributed by atoms with Crippen molar-refractivity contribution in [2.45, 2.75) is 19.5 Å². The van der Waals surface area contributed by atoms with Crippen molar-refractivity contribution in [1.82, 2.24) is 14.7 Å². The van der Waals surface area contributed by atoms with E-state index < -0.39 is 15.9 Å². The van der Waals surface area contributed by atoms with Crippen LogP contribution in [0.25, 0.3) is 0 Å². The molecule has 1 unspecified atom stereocenters. The second kappa shape index (κ2) is 5.85. The molecule has 1 aliphatic rings. The van der Waals surface area contributed by atoms with Crippen LogP contribution in [0.15, 0.2) is 29.2 Å². The Bertz CT molecular complexity index is 765. The van der Waals surface area contributed by atoms with Crippen molar-refractivity contribution in [3.05, 3.63) is 40.3 Å². The summed E-state index contributed by atoms with van der Waals surface area (Å²) in [4.78, 5) is 14.3. The van der Waals surface area contributed by atoms with E-state index in [0.29, 0.717) is 12.1 Å². The van der Waals surface area contributed by atoms with E-state index in [-0.39, 0.29) is 24.0 Å². The molecule has 8 heteroatoms. The molecule has 0 aromatic carbocycles. The SMILES string of the molecule is CCn1cc(C2CS(=O)(=O)CCN2C(=O)c2ccsc2)cn1. The van der Waals surface area contributed by atoms with E-state index in [0.717, 1.165) is 5.56 Å². The summed E-state index contributed by atoms with van der Waals surface area (Å²) in [7, 11) is -3.14. The highest BCUT2D eigenvalue weighted by Gasteiger charge is 2.36. The van der Waals surface area contributed by atoms with Crippen molar-refractivity contribution < 1.29 is 13.2 Å². The standard InChI is InChI=1S/C14H17N3O3S2/c1-2-16-8-12(7-15-16)13-10-22(19,20)6-4-17(13)14(18)11-3-5-21-9-11/h3,5,7-9,13H,2,4,6,10H2,1H3. The average Bonchev–Trinajstić information content (AvgIpc) is 3.17. The van der Waals surface area contributed by atoms with Gasteiger partial charge in [-0.3, -0.25) is 9.48 Å². The van der Waals surface area contributed by atoms with Crippen molar-refractivity contribution in [3.8, 4) is 0 Å². The fourth-order valence-corrected chi connectivity index (χ4v) is 4.73. The lowest BCUT2D eigenvalue weighted by Crippen LogP contribution is -2.46. The van der Waals surface area contributed by atoms with Gasteiger partial charge in [-0.25, -0.2) is 8.42 Å². The first kappa shape index (κ1) is 15.2. The Morgan fingerprint density at radius 1 is 1.50 bits per heavy atom. The number of aromatic nitrogens is 2. The third kappa shape index (κ3) is 2.93. The monoisotopic (exact) mass is 339 g/mol. The van der Waals surface area contributed by atoms with Crippen molar-refractivity contribution in [1.29, 1.82) is 0 Å². The molecule has 3 rings (SSSR count). The summed E-state index contributed by atoms with van der Waals surface area (Å²) >= 11 is 1.45. The summed E-state index contributed by atoms with van der Waals surface area (Å²) in [6.07, 6.45) is 3.47. The number of aryl methyl sites for hydroxylation is 1. The molecule has 1 atom stereocenters. The van der Waals surface area contributed by atoms with Gasteiger partial charge in [-0.05, 0) is 18.4 Å². The van der Waals surface area contributed by atoms with Crippen LogP contribution in [-0.2, 0) is 16.4 Å². The number of thiophene rings is 1. The molecule has 0 bridgehead atoms. The summed E-state index contributed by atoms with van der Waals surface area (Å²) < 4.78 is 25.7. The lowest BCUT2D eigenvalue weighted by atomic mass is 10.1. The number of sulfone groups is 1. The molecule has 0 saturated carbocycles. The van der Waals surface area contributed by atoms with E-state index in [1.165, 1.54) is 11.3 Å². The van der Waals surface area contributed by atoms with E-state index in [2.05, 4.69) is 5.10 Å². The molecule has 3 heterocycles. The average molecular weight is 339 g/mol. The third-order valence-electron chi connectivity index (χ3n) is 3.82. The van der Waals surface area contributed by atoms with Crippen LogP contribution in [0, 0.1) is 0 Å². The van der Waals surface area contributed by atoms with Gasteiger partial charge in [0.1, 0.15) is 0 Å². The molecule has 1 aliphatic heterocycles. The van der Waals surface area contributed by atoms with Crippen LogP contribution in [0.1, 0.15) is 28.9 Å². The maximum absolute atomic E-state index is 12.6. The molecular weight excluding hydrogens is 322 g/mol. The smallest absolute Gasteiger partial charge is 0.255 e. The molecule has 0 spiro atoms. The zero-order valence-corrected chi connectivity index (χ0v) is 13.8. The van der Waals surface area contributed by atoms with Crippen LogP contribution >= 0.6 is 11.3 Å². The van der Waals surface area contributed by atoms with Crippen LogP contribution in [0.5, 0.6) is 0 Å². The van der Waals surface area contributed by atoms with E-state index >= 15 is 0 Å². The van der Waals surface area contributed by atoms with Crippen molar-refractivity contribution in [2.24, 2.45) is 0 Å². The van der Waals surface area contributed by atoms with Crippen molar-refractivity contribution in [2.75, 3.05) is 18.1 Å². The minimum atomic E-state index is -3.14. The zero-order chi connectivity index (χ0) is 15.7. The Kier molecular flexibility index (Phi) is 4.05. The molecule has 0 radical (unpaired) electrons. The van der Waals surface area contributed by atoms with Gasteiger partial charge in [0.2, 0.25) is 0 Å². The topological polar surface area (TPSA) is 72.3 Å². The highest BCUT2D eigenvalue weighted by molar-refractivity contribution is 7.91. The van der Waals surface area contributed by atoms with Crippen LogP contribution < -0.4 is 0 Å². The van der Waals surface area contributed by atoms with E-state index in [4.69, 9.17) is 0 Å². The Morgan fingerprint density at radius 2 is 2.32 bits per heavy atom. The highest BCUT2D eigenvalue weighted by Crippen LogP contribution is 2.28. The number of carbonyl (C=O) groups is 1. The van der Waals surface area contributed by atoms with Gasteiger partial charge < -0.3 is 4.90 Å². The first-order valence-electron chi connectivity index (χ1n) is 7.06. The van der Waals surface area contributed by atoms with Crippen LogP contribution in [-0.4, -0.2) is 47.1 Å². The fraction of sp³-hybridized carbons (Fsp3) is 0.429. The molecule has 6 nitrogen and oxygen atoms in total. The molecule has 2 aromatic rings. The predicted octanol–water partition coefficient (Wildman–Crippen LogP) is 1.58. The molecule has 0 aliphatic carbocycles. The fourth-order valence-electron chi connectivity index (χ4n) is 2.60. The molecule has 2 aromatic heterocycles. The molecule has 1 amide bonds. The maximum atomic E-state index is 12.6. The number of carbonyl (C=O) groups excluding carboxylic acids is 1. The normalized spacial score (nSPS) is 21.0. The summed E-state index contributed by atoms with van der Waals surface area (Å²) in [5.74, 6) is -0.148. The lowest BCUT2D eigenvalue weighted by Gasteiger charge is -2.34. The second-order valence-corrected chi connectivity index (χ2v) is 8.28. The van der Waals surface area contributed by atoms with Gasteiger partial charge >= 0.3 is 0 Å². The van der Waals surface area contributed by atoms with Crippen LogP contribution in [0.4, 0.5) is 0 Å². The predicted molar refractivity (Wildman–Crippen MR) is 84.7 cm³/mol. The van der Waals surface area contributed by atoms with Gasteiger partial charge in [-0.1, -0.05) is 0 Å². The molecule has 1 saturated heterocycles. The van der Waals surface area contributed by atoms with Crippen molar-refractivity contribution >= 4 is 27.1 Å². The summed E-state index contributed by atoms with van der Waals surface area (Å²) in [5.41, 5.74) is 1.38. The van der Waals surface area contributed by atoms with Gasteiger partial charge in [0.05, 0.1) is 29.3 Å². The number of amides is 1. The summed E-state index contributed by atoms with van der Waals surface area (Å²) in [5, 5.41) is 7.84. The first-order valence-corrected chi connectivity index (χ1v) is 9.82. The van der Waals surface area contributed by atoms with E-state index in [1.54, 1.807) is 27.2 Å². The minimum Gasteiger partial charge on any atom is -0.329 e. The maximum Gasteiger partial charge on any atom is 0.255 e. The van der Waals surface area contributed by atoms with E-state index in [1.807, 2.05) is 18.5 Å². The largest absolute Gasteiger partial charge is 0.329 e. The van der Waals surface area contributed by atoms with Crippen molar-refractivity contribution in [3.63, 3.8) is 0 Å². The van der Waals surface area contributed by atoms with Gasteiger partial charge in [0.25, 0.3) is 5.91 Å². The minimum absolute atomic E-state index is 0.0152. The lowest BCUT2D eigenvalue weighted by molar-refractivity contribution is 0.0698. The molecule has 0 N–H and O–H groups in total. The quantitative estimate of drug-likeness (QED) is 0.851. The molecule has 1 fully saturated rings. The Labute approximate surface area is 133 Å². The molecule has 22 heavy (non-hydrogen) atoms. The molecule has 118 valence electrons. The van der Waals surface area contributed by atoms with Crippen LogP contribution in [0.2, 0.25) is 0 Å². The Hall–Kier alpha value is -1.67.